The van der Waals surface area contributed by atoms with Crippen molar-refractivity contribution in [1.82, 2.24) is 0 Å². The Morgan fingerprint density at radius 2 is 1.78 bits per heavy atom. The number of benzene rings is 2. The minimum Gasteiger partial charge on any atom is -0.0840 e. The summed E-state index contributed by atoms with van der Waals surface area (Å²) in [6, 6.07) is 14.6. The smallest absolute Gasteiger partial charge is 0.0460 e. The molecule has 0 aliphatic rings. The summed E-state index contributed by atoms with van der Waals surface area (Å²) in [5.74, 6) is 0. The highest BCUT2D eigenvalue weighted by Crippen LogP contribution is 2.33. The second-order valence-corrected chi connectivity index (χ2v) is 6.75. The van der Waals surface area contributed by atoms with Crippen LogP contribution in [0.2, 0.25) is 5.02 Å². The molecular weight excluding hydrogens is 375 g/mol. The lowest BCUT2D eigenvalue weighted by Gasteiger charge is -2.12. The summed E-state index contributed by atoms with van der Waals surface area (Å²) in [6.45, 7) is 2.10. The first-order chi connectivity index (χ1) is 8.56. The van der Waals surface area contributed by atoms with Crippen LogP contribution in [-0.4, -0.2) is 0 Å². The third-order valence-electron chi connectivity index (χ3n) is 2.84. The van der Waals surface area contributed by atoms with E-state index in [0.717, 1.165) is 21.5 Å². The van der Waals surface area contributed by atoms with E-state index in [1.165, 1.54) is 11.1 Å². The average Bonchev–Trinajstić information content (AvgIpc) is 2.32. The van der Waals surface area contributed by atoms with Crippen LogP contribution in [0.5, 0.6) is 0 Å². The minimum absolute atomic E-state index is 0.237. The fourth-order valence-corrected chi connectivity index (χ4v) is 3.51. The number of rotatable bonds is 3. The normalized spacial score (nSPS) is 12.4. The zero-order valence-corrected chi connectivity index (χ0v) is 13.9. The van der Waals surface area contributed by atoms with Gasteiger partial charge in [-0.3, -0.25) is 0 Å². The van der Waals surface area contributed by atoms with E-state index in [1.54, 1.807) is 0 Å². The molecule has 0 fully saturated rings. The molecule has 94 valence electrons. The van der Waals surface area contributed by atoms with Crippen LogP contribution < -0.4 is 0 Å². The van der Waals surface area contributed by atoms with Crippen molar-refractivity contribution in [3.63, 3.8) is 0 Å². The number of halogens is 3. The van der Waals surface area contributed by atoms with Gasteiger partial charge in [0.1, 0.15) is 0 Å². The molecule has 18 heavy (non-hydrogen) atoms. The van der Waals surface area contributed by atoms with Crippen LogP contribution in [0.3, 0.4) is 0 Å². The Bertz CT molecular complexity index is 535. The number of alkyl halides is 1. The van der Waals surface area contributed by atoms with Gasteiger partial charge in [0.2, 0.25) is 0 Å². The molecule has 0 N–H and O–H groups in total. The number of hydrogen-bond donors (Lipinski definition) is 0. The topological polar surface area (TPSA) is 0 Å². The van der Waals surface area contributed by atoms with Crippen molar-refractivity contribution in [1.29, 1.82) is 0 Å². The Morgan fingerprint density at radius 1 is 1.11 bits per heavy atom. The molecule has 0 amide bonds. The van der Waals surface area contributed by atoms with Crippen LogP contribution in [0.25, 0.3) is 0 Å². The molecule has 0 nitrogen and oxygen atoms in total. The van der Waals surface area contributed by atoms with E-state index in [2.05, 4.69) is 69.1 Å². The van der Waals surface area contributed by atoms with Crippen LogP contribution in [0, 0.1) is 6.92 Å². The van der Waals surface area contributed by atoms with Crippen molar-refractivity contribution >= 4 is 43.5 Å². The lowest BCUT2D eigenvalue weighted by molar-refractivity contribution is 0.948. The average molecular weight is 389 g/mol. The van der Waals surface area contributed by atoms with Gasteiger partial charge in [0.25, 0.3) is 0 Å². The first kappa shape index (κ1) is 14.1. The standard InChI is InChI=1S/C15H13Br2Cl/c1-10-2-4-11(5-3-10)8-14(17)13-7-6-12(16)9-15(13)18/h2-7,9,14H,8H2,1H3. The molecule has 2 rings (SSSR count). The van der Waals surface area contributed by atoms with Gasteiger partial charge in [-0.05, 0) is 36.6 Å². The second kappa shape index (κ2) is 6.23. The highest BCUT2D eigenvalue weighted by Gasteiger charge is 2.12. The Labute approximate surface area is 130 Å². The lowest BCUT2D eigenvalue weighted by atomic mass is 10.0. The van der Waals surface area contributed by atoms with Crippen LogP contribution in [0.4, 0.5) is 0 Å². The van der Waals surface area contributed by atoms with Crippen LogP contribution in [0.15, 0.2) is 46.9 Å². The predicted molar refractivity (Wildman–Crippen MR) is 85.7 cm³/mol. The van der Waals surface area contributed by atoms with E-state index in [-0.39, 0.29) is 4.83 Å². The van der Waals surface area contributed by atoms with E-state index in [0.29, 0.717) is 0 Å². The highest BCUT2D eigenvalue weighted by molar-refractivity contribution is 9.10. The van der Waals surface area contributed by atoms with Crippen molar-refractivity contribution in [2.45, 2.75) is 18.2 Å². The van der Waals surface area contributed by atoms with Crippen LogP contribution >= 0.6 is 43.5 Å². The van der Waals surface area contributed by atoms with Crippen molar-refractivity contribution in [3.8, 4) is 0 Å². The number of aryl methyl sites for hydroxylation is 1. The SMILES string of the molecule is Cc1ccc(CC(Br)c2ccc(Br)cc2Cl)cc1. The fraction of sp³-hybridized carbons (Fsp3) is 0.200. The molecule has 0 heterocycles. The molecule has 2 aromatic rings. The van der Waals surface area contributed by atoms with Crippen molar-refractivity contribution in [2.75, 3.05) is 0 Å². The second-order valence-electron chi connectivity index (χ2n) is 4.32. The molecule has 0 aliphatic heterocycles. The van der Waals surface area contributed by atoms with Gasteiger partial charge in [-0.2, -0.15) is 0 Å². The third kappa shape index (κ3) is 3.59. The van der Waals surface area contributed by atoms with Gasteiger partial charge in [-0.1, -0.05) is 79.4 Å². The zero-order valence-electron chi connectivity index (χ0n) is 9.96. The van der Waals surface area contributed by atoms with Crippen molar-refractivity contribution in [2.24, 2.45) is 0 Å². The molecule has 2 aromatic carbocycles. The summed E-state index contributed by atoms with van der Waals surface area (Å²) in [4.78, 5) is 0.237. The maximum atomic E-state index is 6.26. The van der Waals surface area contributed by atoms with Gasteiger partial charge >= 0.3 is 0 Å². The first-order valence-corrected chi connectivity index (χ1v) is 7.79. The lowest BCUT2D eigenvalue weighted by Crippen LogP contribution is -1.96. The van der Waals surface area contributed by atoms with Gasteiger partial charge in [-0.25, -0.2) is 0 Å². The summed E-state index contributed by atoms with van der Waals surface area (Å²) >= 11 is 13.4. The van der Waals surface area contributed by atoms with E-state index in [4.69, 9.17) is 11.6 Å². The van der Waals surface area contributed by atoms with Gasteiger partial charge in [0.05, 0.1) is 0 Å². The predicted octanol–water partition coefficient (Wildman–Crippen LogP) is 6.09. The van der Waals surface area contributed by atoms with Crippen molar-refractivity contribution in [3.05, 3.63) is 68.7 Å². The monoisotopic (exact) mass is 386 g/mol. The summed E-state index contributed by atoms with van der Waals surface area (Å²) in [5, 5.41) is 0.790. The summed E-state index contributed by atoms with van der Waals surface area (Å²) in [6.07, 6.45) is 0.932. The molecule has 0 saturated carbocycles. The van der Waals surface area contributed by atoms with E-state index >= 15 is 0 Å². The zero-order chi connectivity index (χ0) is 13.1. The molecule has 0 aliphatic carbocycles. The van der Waals surface area contributed by atoms with E-state index < -0.39 is 0 Å². The van der Waals surface area contributed by atoms with E-state index in [9.17, 15) is 0 Å². The Kier molecular flexibility index (Phi) is 4.88. The quantitative estimate of drug-likeness (QED) is 0.558. The molecule has 1 atom stereocenters. The molecule has 0 spiro atoms. The minimum atomic E-state index is 0.237. The van der Waals surface area contributed by atoms with Crippen molar-refractivity contribution < 1.29 is 0 Å². The molecule has 3 heteroatoms. The summed E-state index contributed by atoms with van der Waals surface area (Å²) in [7, 11) is 0. The van der Waals surface area contributed by atoms with Gasteiger partial charge in [0, 0.05) is 14.3 Å². The molecule has 0 radical (unpaired) electrons. The molecule has 0 saturated heterocycles. The first-order valence-electron chi connectivity index (χ1n) is 5.71. The van der Waals surface area contributed by atoms with Crippen LogP contribution in [0.1, 0.15) is 21.5 Å². The van der Waals surface area contributed by atoms with Gasteiger partial charge < -0.3 is 0 Å². The molecule has 0 aromatic heterocycles. The fourth-order valence-electron chi connectivity index (χ4n) is 1.80. The Balaban J connectivity index is 2.16. The maximum Gasteiger partial charge on any atom is 0.0460 e. The molecule has 0 bridgehead atoms. The Hall–Kier alpha value is -0.310. The van der Waals surface area contributed by atoms with Gasteiger partial charge in [-0.15, -0.1) is 0 Å². The Morgan fingerprint density at radius 3 is 2.39 bits per heavy atom. The van der Waals surface area contributed by atoms with E-state index in [1.807, 2.05) is 12.1 Å². The van der Waals surface area contributed by atoms with Gasteiger partial charge in [0.15, 0.2) is 0 Å². The maximum absolute atomic E-state index is 6.26. The summed E-state index contributed by atoms with van der Waals surface area (Å²) in [5.41, 5.74) is 3.72. The summed E-state index contributed by atoms with van der Waals surface area (Å²) < 4.78 is 1.01. The molecule has 1 unspecified atom stereocenters. The third-order valence-corrected chi connectivity index (χ3v) is 4.47. The highest BCUT2D eigenvalue weighted by atomic mass is 79.9. The number of hydrogen-bond acceptors (Lipinski definition) is 0. The van der Waals surface area contributed by atoms with Crippen LogP contribution in [-0.2, 0) is 6.42 Å². The largest absolute Gasteiger partial charge is 0.0840 e. The molecular formula is C15H13Br2Cl.